The number of hydrogen-bond acceptors (Lipinski definition) is 6. The summed E-state index contributed by atoms with van der Waals surface area (Å²) in [6.45, 7) is 5.32. The van der Waals surface area contributed by atoms with Crippen LogP contribution in [-0.4, -0.2) is 11.7 Å². The van der Waals surface area contributed by atoms with E-state index in [2.05, 4.69) is 10.6 Å². The maximum Gasteiger partial charge on any atom is 0.407 e. The molecule has 7 nitrogen and oxygen atoms in total. The molecule has 8 heteroatoms. The Hall–Kier alpha value is -2.90. The number of halogens is 1. The Morgan fingerprint density at radius 3 is 2.50 bits per heavy atom. The molecule has 2 aromatic carbocycles. The monoisotopic (exact) mass is 335 g/mol. The molecule has 0 radical (unpaired) electrons. The van der Waals surface area contributed by atoms with Crippen LogP contribution in [0.1, 0.15) is 26.3 Å². The Bertz CT molecular complexity index is 848. The number of alkyl carbamates (subject to hydrolysis) is 1. The lowest BCUT2D eigenvalue weighted by Crippen LogP contribution is -2.36. The molecule has 24 heavy (non-hydrogen) atoms. The zero-order chi connectivity index (χ0) is 18.1. The van der Waals surface area contributed by atoms with E-state index in [9.17, 15) is 18.8 Å². The Balaban J connectivity index is 2.08. The lowest BCUT2D eigenvalue weighted by molar-refractivity contribution is 0.0523. The van der Waals surface area contributed by atoms with Gasteiger partial charge in [0.2, 0.25) is 0 Å². The lowest BCUT2D eigenvalue weighted by atomic mass is 10.1. The van der Waals surface area contributed by atoms with E-state index in [1.54, 1.807) is 20.8 Å². The van der Waals surface area contributed by atoms with Crippen LogP contribution in [0.15, 0.2) is 27.8 Å². The number of ether oxygens (including phenoxy) is 1. The van der Waals surface area contributed by atoms with E-state index in [1.165, 1.54) is 18.2 Å². The van der Waals surface area contributed by atoms with E-state index >= 15 is 0 Å². The number of anilines is 3. The van der Waals surface area contributed by atoms with E-state index in [0.717, 1.165) is 0 Å². The quantitative estimate of drug-likeness (QED) is 0.735. The van der Waals surface area contributed by atoms with Crippen LogP contribution in [0, 0.1) is 5.82 Å². The van der Waals surface area contributed by atoms with Crippen LogP contribution in [0.4, 0.5) is 26.2 Å². The van der Waals surface area contributed by atoms with Gasteiger partial charge in [-0.05, 0) is 38.5 Å². The number of amides is 1. The van der Waals surface area contributed by atoms with Gasteiger partial charge in [-0.2, -0.15) is 0 Å². The van der Waals surface area contributed by atoms with Crippen LogP contribution in [0.3, 0.4) is 0 Å². The molecule has 0 heterocycles. The van der Waals surface area contributed by atoms with Crippen LogP contribution in [0.25, 0.3) is 0 Å². The highest BCUT2D eigenvalue weighted by Gasteiger charge is 2.19. The first-order chi connectivity index (χ1) is 11.1. The van der Waals surface area contributed by atoms with Crippen molar-refractivity contribution < 1.29 is 13.9 Å². The van der Waals surface area contributed by atoms with Gasteiger partial charge in [0, 0.05) is 6.54 Å². The Morgan fingerprint density at radius 2 is 1.92 bits per heavy atom. The minimum absolute atomic E-state index is 0.0164. The van der Waals surface area contributed by atoms with Crippen molar-refractivity contribution in [2.45, 2.75) is 32.9 Å². The second-order valence-corrected chi connectivity index (χ2v) is 6.24. The van der Waals surface area contributed by atoms with Gasteiger partial charge < -0.3 is 21.1 Å². The number of benzene rings is 1. The first-order valence-electron chi connectivity index (χ1n) is 7.19. The summed E-state index contributed by atoms with van der Waals surface area (Å²) in [6, 6.07) is 4.06. The summed E-state index contributed by atoms with van der Waals surface area (Å²) >= 11 is 0. The molecular weight excluding hydrogens is 317 g/mol. The molecule has 2 aromatic rings. The fourth-order valence-electron chi connectivity index (χ4n) is 1.93. The van der Waals surface area contributed by atoms with Gasteiger partial charge in [0.1, 0.15) is 22.8 Å². The zero-order valence-electron chi connectivity index (χ0n) is 13.5. The van der Waals surface area contributed by atoms with Crippen molar-refractivity contribution in [3.8, 4) is 0 Å². The normalized spacial score (nSPS) is 11.3. The van der Waals surface area contributed by atoms with Crippen molar-refractivity contribution in [3.63, 3.8) is 0 Å². The summed E-state index contributed by atoms with van der Waals surface area (Å²) in [5.41, 5.74) is 3.40. The van der Waals surface area contributed by atoms with Crippen molar-refractivity contribution >= 4 is 23.2 Å². The molecule has 0 saturated heterocycles. The molecule has 0 spiro atoms. The molecule has 0 aliphatic heterocycles. The summed E-state index contributed by atoms with van der Waals surface area (Å²) in [4.78, 5) is 34.1. The van der Waals surface area contributed by atoms with Crippen LogP contribution >= 0.6 is 0 Å². The van der Waals surface area contributed by atoms with Gasteiger partial charge in [-0.25, -0.2) is 9.18 Å². The predicted octanol–water partition coefficient (Wildman–Crippen LogP) is 1.77. The first kappa shape index (κ1) is 17.5. The second kappa shape index (κ2) is 6.31. The molecule has 0 atom stereocenters. The maximum atomic E-state index is 13.8. The SMILES string of the molecule is CC(C)(C)OC(=O)NCc1ccc(F)c(Nc2c(N)c(=O)c2=O)c1. The number of hydrogen-bond donors (Lipinski definition) is 3. The van der Waals surface area contributed by atoms with Gasteiger partial charge in [-0.15, -0.1) is 0 Å². The molecule has 0 unspecified atom stereocenters. The van der Waals surface area contributed by atoms with Crippen molar-refractivity contribution in [2.24, 2.45) is 0 Å². The standard InChI is InChI=1S/C16H18FN3O4/c1-16(2,3)24-15(23)19-7-8-4-5-9(17)10(6-8)20-12-11(18)13(21)14(12)22/h4-6,20H,7,18H2,1-3H3,(H,19,23). The van der Waals surface area contributed by atoms with Gasteiger partial charge >= 0.3 is 6.09 Å². The first-order valence-corrected chi connectivity index (χ1v) is 7.19. The van der Waals surface area contributed by atoms with E-state index < -0.39 is 28.4 Å². The summed E-state index contributed by atoms with van der Waals surface area (Å²) in [7, 11) is 0. The molecule has 0 aliphatic carbocycles. The van der Waals surface area contributed by atoms with Gasteiger partial charge in [-0.3, -0.25) is 9.59 Å². The number of rotatable bonds is 4. The van der Waals surface area contributed by atoms with Gasteiger partial charge in [0.15, 0.2) is 0 Å². The van der Waals surface area contributed by atoms with Crippen molar-refractivity contribution in [1.29, 1.82) is 0 Å². The number of carbonyl (C=O) groups excluding carboxylic acids is 1. The number of nitrogen functional groups attached to an aromatic ring is 1. The number of nitrogens with one attached hydrogen (secondary N) is 2. The maximum absolute atomic E-state index is 13.8. The molecular formula is C16H18FN3O4. The highest BCUT2D eigenvalue weighted by molar-refractivity contribution is 5.77. The van der Waals surface area contributed by atoms with Crippen LogP contribution < -0.4 is 27.2 Å². The fourth-order valence-corrected chi connectivity index (χ4v) is 1.93. The summed E-state index contributed by atoms with van der Waals surface area (Å²) < 4.78 is 18.9. The smallest absolute Gasteiger partial charge is 0.407 e. The second-order valence-electron chi connectivity index (χ2n) is 6.24. The topological polar surface area (TPSA) is 111 Å². The highest BCUT2D eigenvalue weighted by atomic mass is 19.1. The highest BCUT2D eigenvalue weighted by Crippen LogP contribution is 2.22. The van der Waals surface area contributed by atoms with Crippen molar-refractivity contribution in [1.82, 2.24) is 5.32 Å². The van der Waals surface area contributed by atoms with E-state index in [4.69, 9.17) is 10.5 Å². The van der Waals surface area contributed by atoms with E-state index in [0.29, 0.717) is 5.56 Å². The molecule has 0 fully saturated rings. The van der Waals surface area contributed by atoms with Gasteiger partial charge in [0.05, 0.1) is 5.69 Å². The molecule has 0 bridgehead atoms. The lowest BCUT2D eigenvalue weighted by Gasteiger charge is -2.19. The Morgan fingerprint density at radius 1 is 1.25 bits per heavy atom. The number of nitrogens with two attached hydrogens (primary N) is 1. The molecule has 2 rings (SSSR count). The fraction of sp³-hybridized carbons (Fsp3) is 0.312. The third-order valence-corrected chi connectivity index (χ3v) is 3.07. The predicted molar refractivity (Wildman–Crippen MR) is 88.5 cm³/mol. The van der Waals surface area contributed by atoms with Gasteiger partial charge in [0.25, 0.3) is 10.9 Å². The van der Waals surface area contributed by atoms with Crippen molar-refractivity contribution in [2.75, 3.05) is 11.1 Å². The molecule has 128 valence electrons. The third-order valence-electron chi connectivity index (χ3n) is 3.07. The van der Waals surface area contributed by atoms with Crippen LogP contribution in [0.2, 0.25) is 0 Å². The largest absolute Gasteiger partial charge is 0.444 e. The molecule has 4 N–H and O–H groups in total. The third kappa shape index (κ3) is 3.89. The summed E-state index contributed by atoms with van der Waals surface area (Å²) in [6.07, 6.45) is -0.604. The minimum Gasteiger partial charge on any atom is -0.444 e. The minimum atomic E-state index is -0.791. The molecule has 0 aliphatic rings. The number of carbonyl (C=O) groups is 1. The van der Waals surface area contributed by atoms with Gasteiger partial charge in [-0.1, -0.05) is 6.07 Å². The average molecular weight is 335 g/mol. The van der Waals surface area contributed by atoms with Crippen molar-refractivity contribution in [3.05, 3.63) is 50.0 Å². The Kier molecular flexibility index (Phi) is 4.59. The van der Waals surface area contributed by atoms with Crippen LogP contribution in [0.5, 0.6) is 0 Å². The van der Waals surface area contributed by atoms with E-state index in [-0.39, 0.29) is 23.6 Å². The summed E-state index contributed by atoms with van der Waals surface area (Å²) in [5.74, 6) is -0.622. The Labute approximate surface area is 137 Å². The van der Waals surface area contributed by atoms with E-state index in [1.807, 2.05) is 0 Å². The summed E-state index contributed by atoms with van der Waals surface area (Å²) in [5, 5.41) is 5.05. The van der Waals surface area contributed by atoms with Crippen LogP contribution in [-0.2, 0) is 11.3 Å². The molecule has 1 amide bonds. The average Bonchev–Trinajstić information content (AvgIpc) is 2.50. The zero-order valence-corrected chi connectivity index (χ0v) is 13.5. The molecule has 0 saturated carbocycles. The molecule has 0 aromatic heterocycles.